The van der Waals surface area contributed by atoms with Crippen LogP contribution in [0, 0.1) is 17.0 Å². The van der Waals surface area contributed by atoms with Crippen molar-refractivity contribution < 1.29 is 13.6 Å². The molecule has 5 heteroatoms. The van der Waals surface area contributed by atoms with Crippen molar-refractivity contribution in [1.29, 1.82) is 0 Å². The number of rotatable bonds is 1. The molecule has 0 spiro atoms. The highest BCUT2D eigenvalue weighted by Gasteiger charge is 2.30. The molecule has 2 rings (SSSR count). The van der Waals surface area contributed by atoms with Gasteiger partial charge in [-0.05, 0) is 12.1 Å². The van der Waals surface area contributed by atoms with Crippen LogP contribution in [0.3, 0.4) is 0 Å². The minimum absolute atomic E-state index is 0.108. The Morgan fingerprint density at radius 3 is 2.20 bits per heavy atom. The number of carbonyl (C=O) groups is 1. The highest BCUT2D eigenvalue weighted by Crippen LogP contribution is 2.23. The van der Waals surface area contributed by atoms with Gasteiger partial charge in [0.2, 0.25) is 5.91 Å². The summed E-state index contributed by atoms with van der Waals surface area (Å²) in [4.78, 5) is 15.8. The lowest BCUT2D eigenvalue weighted by atomic mass is 9.94. The Balaban J connectivity index is 2.03. The van der Waals surface area contributed by atoms with Crippen LogP contribution in [-0.4, -0.2) is 37.0 Å². The first kappa shape index (κ1) is 14.8. The van der Waals surface area contributed by atoms with E-state index < -0.39 is 17.0 Å². The van der Waals surface area contributed by atoms with Crippen molar-refractivity contribution >= 4 is 11.6 Å². The monoisotopic (exact) mass is 282 g/mol. The molecule has 1 fully saturated rings. The first-order chi connectivity index (χ1) is 9.29. The molecule has 1 aliphatic rings. The predicted molar refractivity (Wildman–Crippen MR) is 74.6 cm³/mol. The fraction of sp³-hybridized carbons (Fsp3) is 0.533. The summed E-state index contributed by atoms with van der Waals surface area (Å²) in [5.74, 6) is -1.02. The summed E-state index contributed by atoms with van der Waals surface area (Å²) in [7, 11) is 0. The second-order valence-electron chi connectivity index (χ2n) is 6.12. The number of piperazine rings is 1. The summed E-state index contributed by atoms with van der Waals surface area (Å²) in [6.45, 7) is 7.92. The molecule has 1 aromatic rings. The quantitative estimate of drug-likeness (QED) is 0.790. The Hall–Kier alpha value is -1.65. The topological polar surface area (TPSA) is 23.6 Å². The average molecular weight is 282 g/mol. The molecule has 0 aliphatic carbocycles. The van der Waals surface area contributed by atoms with Crippen LogP contribution >= 0.6 is 0 Å². The van der Waals surface area contributed by atoms with E-state index >= 15 is 0 Å². The molecule has 0 radical (unpaired) electrons. The van der Waals surface area contributed by atoms with Crippen molar-refractivity contribution in [2.45, 2.75) is 20.8 Å². The van der Waals surface area contributed by atoms with Gasteiger partial charge in [-0.2, -0.15) is 0 Å². The van der Waals surface area contributed by atoms with Gasteiger partial charge in [-0.1, -0.05) is 20.8 Å². The summed E-state index contributed by atoms with van der Waals surface area (Å²) < 4.78 is 26.6. The van der Waals surface area contributed by atoms with Gasteiger partial charge in [-0.3, -0.25) is 4.79 Å². The van der Waals surface area contributed by atoms with E-state index in [4.69, 9.17) is 0 Å². The van der Waals surface area contributed by atoms with Crippen molar-refractivity contribution in [3.8, 4) is 0 Å². The van der Waals surface area contributed by atoms with E-state index in [2.05, 4.69) is 0 Å². The summed E-state index contributed by atoms with van der Waals surface area (Å²) in [5, 5.41) is 0. The molecule has 0 aromatic heterocycles. The Bertz CT molecular complexity index is 503. The highest BCUT2D eigenvalue weighted by atomic mass is 19.1. The maximum atomic E-state index is 13.7. The van der Waals surface area contributed by atoms with E-state index in [1.165, 1.54) is 12.1 Å². The third kappa shape index (κ3) is 3.08. The van der Waals surface area contributed by atoms with E-state index in [0.717, 1.165) is 6.07 Å². The lowest BCUT2D eigenvalue weighted by Crippen LogP contribution is -2.51. The van der Waals surface area contributed by atoms with Gasteiger partial charge in [0.15, 0.2) is 0 Å². The van der Waals surface area contributed by atoms with Crippen LogP contribution < -0.4 is 4.90 Å². The molecule has 0 N–H and O–H groups in total. The molecule has 0 bridgehead atoms. The molecule has 1 aromatic carbocycles. The summed E-state index contributed by atoms with van der Waals surface area (Å²) in [5.41, 5.74) is -0.00205. The highest BCUT2D eigenvalue weighted by molar-refractivity contribution is 5.81. The molecule has 20 heavy (non-hydrogen) atoms. The normalized spacial score (nSPS) is 16.4. The van der Waals surface area contributed by atoms with Gasteiger partial charge >= 0.3 is 0 Å². The first-order valence-corrected chi connectivity index (χ1v) is 6.78. The van der Waals surface area contributed by atoms with Gasteiger partial charge in [0.25, 0.3) is 0 Å². The average Bonchev–Trinajstić information content (AvgIpc) is 2.37. The number of hydrogen-bond acceptors (Lipinski definition) is 2. The van der Waals surface area contributed by atoms with Crippen LogP contribution in [-0.2, 0) is 4.79 Å². The van der Waals surface area contributed by atoms with E-state index in [1.54, 1.807) is 4.90 Å². The summed E-state index contributed by atoms with van der Waals surface area (Å²) in [6, 6.07) is 3.60. The maximum absolute atomic E-state index is 13.7. The smallest absolute Gasteiger partial charge is 0.228 e. The van der Waals surface area contributed by atoms with Gasteiger partial charge in [0.05, 0.1) is 5.69 Å². The van der Waals surface area contributed by atoms with Gasteiger partial charge in [0, 0.05) is 37.7 Å². The van der Waals surface area contributed by atoms with Crippen LogP contribution in [0.4, 0.5) is 14.5 Å². The van der Waals surface area contributed by atoms with Crippen LogP contribution in [0.2, 0.25) is 0 Å². The zero-order valence-corrected chi connectivity index (χ0v) is 12.1. The molecule has 110 valence electrons. The SMILES string of the molecule is CC(C)(C)C(=O)N1CCN(c2ccc(F)cc2F)CC1. The number of anilines is 1. The molecular formula is C15H20F2N2O. The van der Waals surface area contributed by atoms with E-state index in [0.29, 0.717) is 31.9 Å². The Morgan fingerprint density at radius 2 is 1.70 bits per heavy atom. The van der Waals surface area contributed by atoms with Gasteiger partial charge < -0.3 is 9.80 Å². The second-order valence-corrected chi connectivity index (χ2v) is 6.12. The fourth-order valence-corrected chi connectivity index (χ4v) is 2.36. The van der Waals surface area contributed by atoms with Gasteiger partial charge in [0.1, 0.15) is 11.6 Å². The first-order valence-electron chi connectivity index (χ1n) is 6.78. The Labute approximate surface area is 118 Å². The maximum Gasteiger partial charge on any atom is 0.228 e. The molecule has 1 heterocycles. The zero-order valence-electron chi connectivity index (χ0n) is 12.1. The number of amides is 1. The van der Waals surface area contributed by atoms with E-state index in [9.17, 15) is 13.6 Å². The molecular weight excluding hydrogens is 262 g/mol. The van der Waals surface area contributed by atoms with Crippen molar-refractivity contribution in [2.75, 3.05) is 31.1 Å². The molecule has 3 nitrogen and oxygen atoms in total. The summed E-state index contributed by atoms with van der Waals surface area (Å²) in [6.07, 6.45) is 0. The fourth-order valence-electron chi connectivity index (χ4n) is 2.36. The standard InChI is InChI=1S/C15H20F2N2O/c1-15(2,3)14(20)19-8-6-18(7-9-19)13-5-4-11(16)10-12(13)17/h4-5,10H,6-9H2,1-3H3. The number of benzene rings is 1. The lowest BCUT2D eigenvalue weighted by Gasteiger charge is -2.38. The summed E-state index contributed by atoms with van der Waals surface area (Å²) >= 11 is 0. The second kappa shape index (κ2) is 5.38. The van der Waals surface area contributed by atoms with Crippen LogP contribution in [0.15, 0.2) is 18.2 Å². The van der Waals surface area contributed by atoms with Crippen molar-refractivity contribution in [3.05, 3.63) is 29.8 Å². The lowest BCUT2D eigenvalue weighted by molar-refractivity contribution is -0.139. The number of carbonyl (C=O) groups excluding carboxylic acids is 1. The zero-order chi connectivity index (χ0) is 14.9. The molecule has 0 atom stereocenters. The van der Waals surface area contributed by atoms with Crippen molar-refractivity contribution in [2.24, 2.45) is 5.41 Å². The minimum atomic E-state index is -0.576. The molecule has 0 saturated carbocycles. The molecule has 0 unspecified atom stereocenters. The molecule has 1 amide bonds. The number of nitrogens with zero attached hydrogens (tertiary/aromatic N) is 2. The number of hydrogen-bond donors (Lipinski definition) is 0. The third-order valence-corrected chi connectivity index (χ3v) is 3.46. The van der Waals surface area contributed by atoms with E-state index in [-0.39, 0.29) is 5.91 Å². The number of halogens is 2. The Kier molecular flexibility index (Phi) is 3.97. The Morgan fingerprint density at radius 1 is 1.10 bits per heavy atom. The predicted octanol–water partition coefficient (Wildman–Crippen LogP) is 2.66. The van der Waals surface area contributed by atoms with Crippen molar-refractivity contribution in [1.82, 2.24) is 4.90 Å². The molecule has 1 saturated heterocycles. The largest absolute Gasteiger partial charge is 0.366 e. The minimum Gasteiger partial charge on any atom is -0.366 e. The van der Waals surface area contributed by atoms with E-state index in [1.807, 2.05) is 25.7 Å². The van der Waals surface area contributed by atoms with Gasteiger partial charge in [-0.25, -0.2) is 8.78 Å². The van der Waals surface area contributed by atoms with Crippen LogP contribution in [0.1, 0.15) is 20.8 Å². The molecule has 1 aliphatic heterocycles. The van der Waals surface area contributed by atoms with Crippen LogP contribution in [0.5, 0.6) is 0 Å². The van der Waals surface area contributed by atoms with Crippen molar-refractivity contribution in [3.63, 3.8) is 0 Å². The van der Waals surface area contributed by atoms with Gasteiger partial charge in [-0.15, -0.1) is 0 Å². The van der Waals surface area contributed by atoms with Crippen LogP contribution in [0.25, 0.3) is 0 Å². The third-order valence-electron chi connectivity index (χ3n) is 3.46.